The molecule has 1 aliphatic heterocycles. The van der Waals surface area contributed by atoms with Crippen LogP contribution >= 0.6 is 0 Å². The lowest BCUT2D eigenvalue weighted by Gasteiger charge is -2.21. The van der Waals surface area contributed by atoms with Gasteiger partial charge >= 0.3 is 5.91 Å². The molecule has 1 aromatic rings. The summed E-state index contributed by atoms with van der Waals surface area (Å²) in [7, 11) is 1.77. The zero-order valence-corrected chi connectivity index (χ0v) is 9.92. The van der Waals surface area contributed by atoms with Crippen molar-refractivity contribution in [3.63, 3.8) is 0 Å². The summed E-state index contributed by atoms with van der Waals surface area (Å²) in [6.45, 7) is 4.42. The molecular formula is C12H18N3O+. The summed E-state index contributed by atoms with van der Waals surface area (Å²) in [5.41, 5.74) is 7.88. The molecule has 1 unspecified atom stereocenters. The van der Waals surface area contributed by atoms with Crippen molar-refractivity contribution in [2.24, 2.45) is 0 Å². The number of nitrogen functional groups attached to an aromatic ring is 1. The largest absolute Gasteiger partial charge is 0.398 e. The fourth-order valence-corrected chi connectivity index (χ4v) is 1.76. The number of amides is 1. The lowest BCUT2D eigenvalue weighted by atomic mass is 9.96. The van der Waals surface area contributed by atoms with E-state index >= 15 is 0 Å². The summed E-state index contributed by atoms with van der Waals surface area (Å²) < 4.78 is 0. The molecule has 4 heteroatoms. The molecule has 0 bridgehead atoms. The van der Waals surface area contributed by atoms with Gasteiger partial charge in [0.15, 0.2) is 0 Å². The van der Waals surface area contributed by atoms with Gasteiger partial charge < -0.3 is 5.73 Å². The minimum absolute atomic E-state index is 0.0169. The molecule has 16 heavy (non-hydrogen) atoms. The van der Waals surface area contributed by atoms with Gasteiger partial charge in [0.05, 0.1) is 18.3 Å². The number of rotatable bonds is 0. The van der Waals surface area contributed by atoms with E-state index < -0.39 is 0 Å². The van der Waals surface area contributed by atoms with Gasteiger partial charge in [-0.3, -0.25) is 10.3 Å². The molecule has 0 spiro atoms. The molecule has 0 fully saturated rings. The first-order valence-corrected chi connectivity index (χ1v) is 5.44. The highest BCUT2D eigenvalue weighted by Crippen LogP contribution is 2.18. The molecule has 1 aliphatic rings. The van der Waals surface area contributed by atoms with Crippen LogP contribution in [0.5, 0.6) is 0 Å². The van der Waals surface area contributed by atoms with Crippen LogP contribution in [0, 0.1) is 5.41 Å². The van der Waals surface area contributed by atoms with Gasteiger partial charge in [0.25, 0.3) is 0 Å². The second-order valence-corrected chi connectivity index (χ2v) is 3.53. The maximum Gasteiger partial charge on any atom is 0.345 e. The van der Waals surface area contributed by atoms with Crippen LogP contribution in [-0.2, 0) is 0 Å². The van der Waals surface area contributed by atoms with Gasteiger partial charge in [0.2, 0.25) is 0 Å². The van der Waals surface area contributed by atoms with Gasteiger partial charge in [-0.15, -0.1) is 0 Å². The fraction of sp³-hybridized carbons (Fsp3) is 0.333. The van der Waals surface area contributed by atoms with Crippen LogP contribution in [0.4, 0.5) is 5.69 Å². The van der Waals surface area contributed by atoms with Crippen LogP contribution in [0.15, 0.2) is 18.2 Å². The third kappa shape index (κ3) is 1.97. The third-order valence-electron chi connectivity index (χ3n) is 2.47. The van der Waals surface area contributed by atoms with Crippen LogP contribution in [0.1, 0.15) is 29.8 Å². The van der Waals surface area contributed by atoms with E-state index in [2.05, 4.69) is 0 Å². The van der Waals surface area contributed by atoms with Crippen LogP contribution in [0.2, 0.25) is 0 Å². The number of nitrogens with two attached hydrogens (primary N) is 1. The Labute approximate surface area is 95.6 Å². The number of quaternary nitrogens is 1. The fourth-order valence-electron chi connectivity index (χ4n) is 1.76. The van der Waals surface area contributed by atoms with Gasteiger partial charge in [-0.05, 0) is 12.1 Å². The van der Waals surface area contributed by atoms with Gasteiger partial charge in [0, 0.05) is 11.3 Å². The van der Waals surface area contributed by atoms with Gasteiger partial charge in [-0.2, -0.15) is 0 Å². The molecule has 1 amide bonds. The first-order valence-electron chi connectivity index (χ1n) is 5.44. The van der Waals surface area contributed by atoms with Crippen molar-refractivity contribution in [3.8, 4) is 0 Å². The van der Waals surface area contributed by atoms with Crippen molar-refractivity contribution in [2.45, 2.75) is 13.8 Å². The molecule has 0 radical (unpaired) electrons. The molecule has 0 aliphatic carbocycles. The third-order valence-corrected chi connectivity index (χ3v) is 2.47. The molecule has 1 heterocycles. The summed E-state index contributed by atoms with van der Waals surface area (Å²) >= 11 is 0. The standard InChI is InChI=1S/C10H11N3O.C2H6/c1-13-5-8(12)9-6(10(13)14)3-2-4-7(9)11;1-2/h2-4,12H,5,11H2,1H3;1-2H3/p+1. The lowest BCUT2D eigenvalue weighted by molar-refractivity contribution is -0.781. The summed E-state index contributed by atoms with van der Waals surface area (Å²) in [6, 6.07) is 5.20. The van der Waals surface area contributed by atoms with Crippen molar-refractivity contribution < 1.29 is 9.69 Å². The summed E-state index contributed by atoms with van der Waals surface area (Å²) in [6.07, 6.45) is 0. The highest BCUT2D eigenvalue weighted by Gasteiger charge is 2.30. The molecule has 86 valence electrons. The SMILES string of the molecule is CC.C[NH+]1CC(=N)c2c(N)cccc2C1=O. The predicted molar refractivity (Wildman–Crippen MR) is 65.1 cm³/mol. The van der Waals surface area contributed by atoms with E-state index in [1.165, 1.54) is 0 Å². The van der Waals surface area contributed by atoms with Crippen molar-refractivity contribution in [1.82, 2.24) is 0 Å². The Morgan fingerprint density at radius 3 is 2.62 bits per heavy atom. The van der Waals surface area contributed by atoms with E-state index in [1.807, 2.05) is 13.8 Å². The summed E-state index contributed by atoms with van der Waals surface area (Å²) in [4.78, 5) is 12.4. The molecule has 0 aromatic heterocycles. The van der Waals surface area contributed by atoms with Crippen molar-refractivity contribution >= 4 is 17.3 Å². The average molecular weight is 220 g/mol. The minimum atomic E-state index is 0.0169. The predicted octanol–water partition coefficient (Wildman–Crippen LogP) is 0.331. The molecule has 0 saturated heterocycles. The first-order chi connectivity index (χ1) is 7.61. The van der Waals surface area contributed by atoms with Crippen molar-refractivity contribution in [1.29, 1.82) is 5.41 Å². The average Bonchev–Trinajstić information content (AvgIpc) is 2.28. The quantitative estimate of drug-likeness (QED) is 0.551. The van der Waals surface area contributed by atoms with Crippen LogP contribution in [-0.4, -0.2) is 25.2 Å². The van der Waals surface area contributed by atoms with E-state index in [9.17, 15) is 4.79 Å². The molecular weight excluding hydrogens is 202 g/mol. The maximum absolute atomic E-state index is 11.7. The molecule has 2 rings (SSSR count). The second kappa shape index (κ2) is 4.90. The van der Waals surface area contributed by atoms with Gasteiger partial charge in [-0.1, -0.05) is 19.9 Å². The summed E-state index contributed by atoms with van der Waals surface area (Å²) in [5.74, 6) is 0.0169. The molecule has 0 saturated carbocycles. The Balaban J connectivity index is 0.000000606. The number of nitrogens with one attached hydrogen (secondary N) is 2. The Hall–Kier alpha value is -1.68. The van der Waals surface area contributed by atoms with E-state index in [4.69, 9.17) is 11.1 Å². The Morgan fingerprint density at radius 2 is 2.00 bits per heavy atom. The summed E-state index contributed by atoms with van der Waals surface area (Å²) in [5, 5.41) is 7.78. The normalized spacial score (nSPS) is 18.6. The number of likely N-dealkylation sites (N-methyl/N-ethyl adjacent to an activating group) is 1. The van der Waals surface area contributed by atoms with Crippen LogP contribution < -0.4 is 10.6 Å². The zero-order chi connectivity index (χ0) is 12.3. The maximum atomic E-state index is 11.7. The van der Waals surface area contributed by atoms with Crippen molar-refractivity contribution in [2.75, 3.05) is 19.3 Å². The topological polar surface area (TPSA) is 71.4 Å². The number of hydrogen-bond acceptors (Lipinski definition) is 3. The molecule has 4 N–H and O–H groups in total. The molecule has 4 nitrogen and oxygen atoms in total. The minimum Gasteiger partial charge on any atom is -0.398 e. The lowest BCUT2D eigenvalue weighted by Crippen LogP contribution is -3.13. The second-order valence-electron chi connectivity index (χ2n) is 3.53. The Morgan fingerprint density at radius 1 is 1.38 bits per heavy atom. The highest BCUT2D eigenvalue weighted by molar-refractivity contribution is 6.13. The Bertz CT molecular complexity index is 426. The first kappa shape index (κ1) is 12.4. The molecule has 1 aromatic carbocycles. The van der Waals surface area contributed by atoms with Crippen molar-refractivity contribution in [3.05, 3.63) is 29.3 Å². The van der Waals surface area contributed by atoms with Crippen LogP contribution in [0.25, 0.3) is 0 Å². The molecule has 1 atom stereocenters. The number of carbonyl (C=O) groups is 1. The number of carbonyl (C=O) groups excluding carboxylic acids is 1. The number of hydrogen-bond donors (Lipinski definition) is 3. The highest BCUT2D eigenvalue weighted by atomic mass is 16.2. The van der Waals surface area contributed by atoms with E-state index in [0.717, 1.165) is 0 Å². The van der Waals surface area contributed by atoms with Gasteiger partial charge in [-0.25, -0.2) is 4.79 Å². The number of anilines is 1. The van der Waals surface area contributed by atoms with E-state index in [-0.39, 0.29) is 5.91 Å². The van der Waals surface area contributed by atoms with Gasteiger partial charge in [0.1, 0.15) is 6.54 Å². The number of benzene rings is 1. The monoisotopic (exact) mass is 220 g/mol. The smallest absolute Gasteiger partial charge is 0.345 e. The van der Waals surface area contributed by atoms with Crippen LogP contribution in [0.3, 0.4) is 0 Å². The number of fused-ring (bicyclic) bond motifs is 1. The van der Waals surface area contributed by atoms with E-state index in [1.54, 1.807) is 25.2 Å². The Kier molecular flexibility index (Phi) is 3.79. The van der Waals surface area contributed by atoms with E-state index in [0.29, 0.717) is 34.0 Å². The zero-order valence-electron chi connectivity index (χ0n) is 9.92.